The molecule has 4 nitrogen and oxygen atoms in total. The van der Waals surface area contributed by atoms with Gasteiger partial charge in [-0.15, -0.1) is 0 Å². The van der Waals surface area contributed by atoms with E-state index in [1.807, 2.05) is 11.8 Å². The van der Waals surface area contributed by atoms with E-state index in [9.17, 15) is 9.59 Å². The summed E-state index contributed by atoms with van der Waals surface area (Å²) in [5.74, 6) is -0.0811. The second-order valence-electron chi connectivity index (χ2n) is 3.52. The molecule has 17 heavy (non-hydrogen) atoms. The summed E-state index contributed by atoms with van der Waals surface area (Å²) in [6.45, 7) is 2.84. The number of benzene rings is 1. The second kappa shape index (κ2) is 6.25. The normalized spacial score (nSPS) is 9.82. The number of rotatable bonds is 5. The number of carbonyl (C=O) groups is 2. The van der Waals surface area contributed by atoms with Crippen LogP contribution >= 0.6 is 11.6 Å². The van der Waals surface area contributed by atoms with Crippen LogP contribution in [0.4, 0.5) is 5.69 Å². The van der Waals surface area contributed by atoms with E-state index in [4.69, 9.17) is 11.6 Å². The van der Waals surface area contributed by atoms with Crippen LogP contribution in [0, 0.1) is 0 Å². The van der Waals surface area contributed by atoms with Crippen LogP contribution in [0.3, 0.4) is 0 Å². The maximum atomic E-state index is 11.3. The van der Waals surface area contributed by atoms with Gasteiger partial charge in [0.2, 0.25) is 5.91 Å². The van der Waals surface area contributed by atoms with Gasteiger partial charge in [0.25, 0.3) is 0 Å². The van der Waals surface area contributed by atoms with Crippen molar-refractivity contribution in [3.05, 3.63) is 28.8 Å². The average Bonchev–Trinajstić information content (AvgIpc) is 2.35. The molecule has 0 unspecified atom stereocenters. The standard InChI is InChI=1S/C12H15ClN2O2/c1-3-15(7-12(17)14-2)11-5-4-9(8-16)6-10(11)13/h4-6,8H,3,7H2,1-2H3,(H,14,17). The van der Waals surface area contributed by atoms with E-state index in [-0.39, 0.29) is 12.5 Å². The van der Waals surface area contributed by atoms with E-state index in [1.54, 1.807) is 25.2 Å². The Morgan fingerprint density at radius 3 is 2.71 bits per heavy atom. The minimum atomic E-state index is -0.0811. The van der Waals surface area contributed by atoms with Crippen LogP contribution in [0.25, 0.3) is 0 Å². The number of anilines is 1. The van der Waals surface area contributed by atoms with Gasteiger partial charge in [0.1, 0.15) is 6.29 Å². The van der Waals surface area contributed by atoms with E-state index in [0.29, 0.717) is 17.1 Å². The number of halogens is 1. The fourth-order valence-electron chi connectivity index (χ4n) is 1.47. The molecule has 0 aliphatic carbocycles. The van der Waals surface area contributed by atoms with Crippen LogP contribution in [0.1, 0.15) is 17.3 Å². The Labute approximate surface area is 106 Å². The number of amides is 1. The molecule has 0 radical (unpaired) electrons. The third-order valence-electron chi connectivity index (χ3n) is 2.44. The van der Waals surface area contributed by atoms with Gasteiger partial charge in [0, 0.05) is 19.2 Å². The first-order valence-electron chi connectivity index (χ1n) is 5.32. The Hall–Kier alpha value is -1.55. The van der Waals surface area contributed by atoms with Crippen LogP contribution in [0.2, 0.25) is 5.02 Å². The van der Waals surface area contributed by atoms with Crippen molar-refractivity contribution in [2.45, 2.75) is 6.92 Å². The molecule has 1 aromatic carbocycles. The molecule has 1 aromatic rings. The first kappa shape index (κ1) is 13.5. The van der Waals surface area contributed by atoms with Crippen molar-refractivity contribution in [2.75, 3.05) is 25.0 Å². The van der Waals surface area contributed by atoms with E-state index in [1.165, 1.54) is 0 Å². The topological polar surface area (TPSA) is 49.4 Å². The van der Waals surface area contributed by atoms with Crippen LogP contribution in [0.5, 0.6) is 0 Å². The van der Waals surface area contributed by atoms with Gasteiger partial charge < -0.3 is 10.2 Å². The lowest BCUT2D eigenvalue weighted by Gasteiger charge is -2.23. The number of hydrogen-bond acceptors (Lipinski definition) is 3. The molecule has 1 N–H and O–H groups in total. The maximum Gasteiger partial charge on any atom is 0.239 e. The van der Waals surface area contributed by atoms with E-state index in [0.717, 1.165) is 12.0 Å². The zero-order valence-corrected chi connectivity index (χ0v) is 10.6. The fraction of sp³-hybridized carbons (Fsp3) is 0.333. The minimum Gasteiger partial charge on any atom is -0.361 e. The summed E-state index contributed by atoms with van der Waals surface area (Å²) < 4.78 is 0. The molecule has 92 valence electrons. The third-order valence-corrected chi connectivity index (χ3v) is 2.75. The van der Waals surface area contributed by atoms with E-state index >= 15 is 0 Å². The number of hydrogen-bond donors (Lipinski definition) is 1. The Kier molecular flexibility index (Phi) is 4.97. The minimum absolute atomic E-state index is 0.0811. The lowest BCUT2D eigenvalue weighted by molar-refractivity contribution is -0.119. The van der Waals surface area contributed by atoms with Gasteiger partial charge in [0.05, 0.1) is 17.3 Å². The summed E-state index contributed by atoms with van der Waals surface area (Å²) in [4.78, 5) is 23.8. The molecule has 0 spiro atoms. The van der Waals surface area contributed by atoms with Gasteiger partial charge in [-0.3, -0.25) is 9.59 Å². The van der Waals surface area contributed by atoms with Crippen molar-refractivity contribution in [1.29, 1.82) is 0 Å². The number of nitrogens with one attached hydrogen (secondary N) is 1. The van der Waals surface area contributed by atoms with Crippen molar-refractivity contribution < 1.29 is 9.59 Å². The molecule has 1 rings (SSSR count). The third kappa shape index (κ3) is 3.46. The Bertz CT molecular complexity index is 421. The van der Waals surface area contributed by atoms with Gasteiger partial charge in [-0.1, -0.05) is 11.6 Å². The number of aldehydes is 1. The molecule has 1 amide bonds. The zero-order chi connectivity index (χ0) is 12.8. The van der Waals surface area contributed by atoms with Crippen LogP contribution in [-0.2, 0) is 4.79 Å². The molecular formula is C12H15ClN2O2. The highest BCUT2D eigenvalue weighted by atomic mass is 35.5. The summed E-state index contributed by atoms with van der Waals surface area (Å²) in [5, 5.41) is 3.03. The SMILES string of the molecule is CCN(CC(=O)NC)c1ccc(C=O)cc1Cl. The summed E-state index contributed by atoms with van der Waals surface area (Å²) in [6.07, 6.45) is 0.741. The zero-order valence-electron chi connectivity index (χ0n) is 9.87. The number of likely N-dealkylation sites (N-methyl/N-ethyl adjacent to an activating group) is 2. The number of nitrogens with zero attached hydrogens (tertiary/aromatic N) is 1. The molecule has 0 aromatic heterocycles. The van der Waals surface area contributed by atoms with Crippen molar-refractivity contribution >= 4 is 29.5 Å². The first-order chi connectivity index (χ1) is 8.12. The smallest absolute Gasteiger partial charge is 0.239 e. The van der Waals surface area contributed by atoms with Crippen LogP contribution in [0.15, 0.2) is 18.2 Å². The maximum absolute atomic E-state index is 11.3. The highest BCUT2D eigenvalue weighted by Gasteiger charge is 2.12. The van der Waals surface area contributed by atoms with Crippen molar-refractivity contribution in [3.8, 4) is 0 Å². The molecule has 0 saturated heterocycles. The quantitative estimate of drug-likeness (QED) is 0.814. The van der Waals surface area contributed by atoms with Crippen LogP contribution < -0.4 is 10.2 Å². The molecule has 5 heteroatoms. The molecular weight excluding hydrogens is 240 g/mol. The first-order valence-corrected chi connectivity index (χ1v) is 5.70. The Morgan fingerprint density at radius 2 is 2.24 bits per heavy atom. The predicted octanol–water partition coefficient (Wildman–Crippen LogP) is 1.72. The van der Waals surface area contributed by atoms with E-state index < -0.39 is 0 Å². The molecule has 0 fully saturated rings. The van der Waals surface area contributed by atoms with Gasteiger partial charge in [-0.05, 0) is 25.1 Å². The van der Waals surface area contributed by atoms with Crippen LogP contribution in [-0.4, -0.2) is 32.3 Å². The highest BCUT2D eigenvalue weighted by molar-refractivity contribution is 6.33. The van der Waals surface area contributed by atoms with Gasteiger partial charge in [-0.2, -0.15) is 0 Å². The summed E-state index contributed by atoms with van der Waals surface area (Å²) in [6, 6.07) is 5.02. The molecule has 0 aliphatic heterocycles. The summed E-state index contributed by atoms with van der Waals surface area (Å²) >= 11 is 6.08. The number of carbonyl (C=O) groups excluding carboxylic acids is 2. The molecule has 0 aliphatic rings. The highest BCUT2D eigenvalue weighted by Crippen LogP contribution is 2.26. The molecule has 0 atom stereocenters. The molecule has 0 heterocycles. The average molecular weight is 255 g/mol. The van der Waals surface area contributed by atoms with Crippen molar-refractivity contribution in [3.63, 3.8) is 0 Å². The van der Waals surface area contributed by atoms with Gasteiger partial charge in [0.15, 0.2) is 0 Å². The predicted molar refractivity (Wildman–Crippen MR) is 68.8 cm³/mol. The largest absolute Gasteiger partial charge is 0.361 e. The van der Waals surface area contributed by atoms with Gasteiger partial charge >= 0.3 is 0 Å². The van der Waals surface area contributed by atoms with Crippen molar-refractivity contribution in [2.24, 2.45) is 0 Å². The Balaban J connectivity index is 2.95. The Morgan fingerprint density at radius 1 is 1.53 bits per heavy atom. The van der Waals surface area contributed by atoms with E-state index in [2.05, 4.69) is 5.32 Å². The molecule has 0 saturated carbocycles. The summed E-state index contributed by atoms with van der Waals surface area (Å²) in [5.41, 5.74) is 1.28. The lowest BCUT2D eigenvalue weighted by Crippen LogP contribution is -2.35. The lowest BCUT2D eigenvalue weighted by atomic mass is 10.2. The fourth-order valence-corrected chi connectivity index (χ4v) is 1.78. The monoisotopic (exact) mass is 254 g/mol. The second-order valence-corrected chi connectivity index (χ2v) is 3.92. The molecule has 0 bridgehead atoms. The summed E-state index contributed by atoms with van der Waals surface area (Å²) in [7, 11) is 1.59. The van der Waals surface area contributed by atoms with Gasteiger partial charge in [-0.25, -0.2) is 0 Å². The van der Waals surface area contributed by atoms with Crippen molar-refractivity contribution in [1.82, 2.24) is 5.32 Å².